The maximum Gasteiger partial charge on any atom is 0.187 e. The van der Waals surface area contributed by atoms with E-state index in [2.05, 4.69) is 5.16 Å². The van der Waals surface area contributed by atoms with E-state index in [-0.39, 0.29) is 5.45 Å². The van der Waals surface area contributed by atoms with Crippen molar-refractivity contribution in [2.45, 2.75) is 6.92 Å². The highest BCUT2D eigenvalue weighted by Gasteiger charge is 2.30. The zero-order valence-corrected chi connectivity index (χ0v) is 10.9. The van der Waals surface area contributed by atoms with Gasteiger partial charge in [0, 0.05) is 10.6 Å². The Bertz CT molecular complexity index is 550. The molecule has 0 atom stereocenters. The molecule has 0 bridgehead atoms. The van der Waals surface area contributed by atoms with E-state index < -0.39 is 7.14 Å². The van der Waals surface area contributed by atoms with E-state index in [9.17, 15) is 4.57 Å². The molecule has 4 heteroatoms. The van der Waals surface area contributed by atoms with Gasteiger partial charge in [-0.2, -0.15) is 0 Å². The summed E-state index contributed by atoms with van der Waals surface area (Å²) in [4.78, 5) is 0. The van der Waals surface area contributed by atoms with E-state index in [0.717, 1.165) is 0 Å². The topological polar surface area (TPSA) is 49.7 Å². The average molecular weight is 259 g/mol. The van der Waals surface area contributed by atoms with Crippen molar-refractivity contribution in [3.05, 3.63) is 60.7 Å². The summed E-state index contributed by atoms with van der Waals surface area (Å²) in [6.45, 7) is 1.58. The first-order valence-electron chi connectivity index (χ1n) is 5.60. The second-order valence-electron chi connectivity index (χ2n) is 3.93. The molecule has 0 saturated carbocycles. The fourth-order valence-corrected chi connectivity index (χ4v) is 4.22. The van der Waals surface area contributed by atoms with Gasteiger partial charge in [0.05, 0.1) is 0 Å². The summed E-state index contributed by atoms with van der Waals surface area (Å²) < 4.78 is 13.3. The van der Waals surface area contributed by atoms with Crippen molar-refractivity contribution in [3.63, 3.8) is 0 Å². The SMILES string of the molecule is CC(=NO)P(=O)(c1ccccc1)c1ccccc1. The van der Waals surface area contributed by atoms with Gasteiger partial charge >= 0.3 is 0 Å². The molecule has 0 aliphatic rings. The lowest BCUT2D eigenvalue weighted by atomic mass is 10.4. The first kappa shape index (κ1) is 12.6. The first-order chi connectivity index (χ1) is 8.69. The Hall–Kier alpha value is -1.86. The third-order valence-electron chi connectivity index (χ3n) is 2.84. The third-order valence-corrected chi connectivity index (χ3v) is 5.89. The van der Waals surface area contributed by atoms with Crippen molar-refractivity contribution in [3.8, 4) is 0 Å². The van der Waals surface area contributed by atoms with Crippen LogP contribution in [-0.4, -0.2) is 10.7 Å². The molecule has 2 aromatic carbocycles. The van der Waals surface area contributed by atoms with Crippen LogP contribution in [0, 0.1) is 0 Å². The van der Waals surface area contributed by atoms with Gasteiger partial charge in [0.15, 0.2) is 7.14 Å². The largest absolute Gasteiger partial charge is 0.411 e. The van der Waals surface area contributed by atoms with Gasteiger partial charge in [-0.05, 0) is 6.92 Å². The lowest BCUT2D eigenvalue weighted by Gasteiger charge is -2.17. The summed E-state index contributed by atoms with van der Waals surface area (Å²) >= 11 is 0. The zero-order valence-electron chi connectivity index (χ0n) is 10.0. The van der Waals surface area contributed by atoms with Crippen molar-refractivity contribution < 1.29 is 9.77 Å². The predicted molar refractivity (Wildman–Crippen MR) is 74.7 cm³/mol. The van der Waals surface area contributed by atoms with Crippen molar-refractivity contribution in [2.24, 2.45) is 5.16 Å². The van der Waals surface area contributed by atoms with Crippen molar-refractivity contribution in [2.75, 3.05) is 0 Å². The highest BCUT2D eigenvalue weighted by molar-refractivity contribution is 7.93. The van der Waals surface area contributed by atoms with E-state index in [1.165, 1.54) is 0 Å². The Morgan fingerprint density at radius 1 is 0.944 bits per heavy atom. The highest BCUT2D eigenvalue weighted by Crippen LogP contribution is 2.44. The Morgan fingerprint density at radius 2 is 1.33 bits per heavy atom. The van der Waals surface area contributed by atoms with Crippen LogP contribution in [0.1, 0.15) is 6.92 Å². The second-order valence-corrected chi connectivity index (χ2v) is 6.83. The quantitative estimate of drug-likeness (QED) is 0.399. The van der Waals surface area contributed by atoms with Gasteiger partial charge in [0.1, 0.15) is 5.45 Å². The average Bonchev–Trinajstić information content (AvgIpc) is 2.47. The molecule has 2 rings (SSSR count). The minimum Gasteiger partial charge on any atom is -0.411 e. The highest BCUT2D eigenvalue weighted by atomic mass is 31.2. The summed E-state index contributed by atoms with van der Waals surface area (Å²) in [5.41, 5.74) is 0.236. The van der Waals surface area contributed by atoms with E-state index in [1.807, 2.05) is 36.4 Å². The fraction of sp³-hybridized carbons (Fsp3) is 0.0714. The monoisotopic (exact) mass is 259 g/mol. The molecular weight excluding hydrogens is 245 g/mol. The van der Waals surface area contributed by atoms with Gasteiger partial charge in [0.25, 0.3) is 0 Å². The molecule has 0 saturated heterocycles. The standard InChI is InChI=1S/C14H14NO2P/c1-12(15-16)18(17,13-8-4-2-5-9-13)14-10-6-3-7-11-14/h2-11,16H,1H3. The molecule has 3 nitrogen and oxygen atoms in total. The normalized spacial score (nSPS) is 12.4. The lowest BCUT2D eigenvalue weighted by Crippen LogP contribution is -2.20. The van der Waals surface area contributed by atoms with E-state index >= 15 is 0 Å². The molecule has 0 spiro atoms. The van der Waals surface area contributed by atoms with Crippen LogP contribution in [0.4, 0.5) is 0 Å². The van der Waals surface area contributed by atoms with Gasteiger partial charge in [0.2, 0.25) is 0 Å². The molecule has 0 amide bonds. The molecule has 1 N–H and O–H groups in total. The summed E-state index contributed by atoms with van der Waals surface area (Å²) in [6.07, 6.45) is 0. The Kier molecular flexibility index (Phi) is 3.63. The van der Waals surface area contributed by atoms with E-state index in [0.29, 0.717) is 10.6 Å². The predicted octanol–water partition coefficient (Wildman–Crippen LogP) is 2.81. The van der Waals surface area contributed by atoms with Crippen LogP contribution in [0.2, 0.25) is 0 Å². The fourth-order valence-electron chi connectivity index (χ4n) is 1.86. The maximum absolute atomic E-state index is 13.3. The summed E-state index contributed by atoms with van der Waals surface area (Å²) in [5.74, 6) is 0. The molecule has 2 aromatic rings. The first-order valence-corrected chi connectivity index (χ1v) is 7.31. The number of rotatable bonds is 3. The van der Waals surface area contributed by atoms with Crippen molar-refractivity contribution in [1.29, 1.82) is 0 Å². The van der Waals surface area contributed by atoms with Gasteiger partial charge in [-0.25, -0.2) is 0 Å². The minimum atomic E-state index is -3.02. The van der Waals surface area contributed by atoms with Crippen LogP contribution in [0.3, 0.4) is 0 Å². The number of hydrogen-bond acceptors (Lipinski definition) is 3. The zero-order chi connectivity index (χ0) is 13.0. The van der Waals surface area contributed by atoms with Gasteiger partial charge < -0.3 is 9.77 Å². The van der Waals surface area contributed by atoms with Gasteiger partial charge in [-0.1, -0.05) is 65.8 Å². The number of oxime groups is 1. The number of nitrogens with zero attached hydrogens (tertiary/aromatic N) is 1. The van der Waals surface area contributed by atoms with Crippen molar-refractivity contribution >= 4 is 23.2 Å². The molecule has 0 radical (unpaired) electrons. The van der Waals surface area contributed by atoms with Crippen LogP contribution in [-0.2, 0) is 4.57 Å². The smallest absolute Gasteiger partial charge is 0.187 e. The van der Waals surface area contributed by atoms with Gasteiger partial charge in [-0.15, -0.1) is 0 Å². The minimum absolute atomic E-state index is 0.236. The molecule has 0 unspecified atom stereocenters. The number of hydrogen-bond donors (Lipinski definition) is 1. The van der Waals surface area contributed by atoms with Crippen LogP contribution in [0.5, 0.6) is 0 Å². The van der Waals surface area contributed by atoms with Gasteiger partial charge in [-0.3, -0.25) is 0 Å². The Balaban J connectivity index is 2.68. The van der Waals surface area contributed by atoms with Crippen LogP contribution in [0.25, 0.3) is 0 Å². The molecule has 0 aliphatic carbocycles. The van der Waals surface area contributed by atoms with Crippen LogP contribution in [0.15, 0.2) is 65.8 Å². The molecule has 18 heavy (non-hydrogen) atoms. The number of benzene rings is 2. The molecule has 0 fully saturated rings. The molecule has 0 heterocycles. The third kappa shape index (κ3) is 2.09. The molecular formula is C14H14NO2P. The van der Waals surface area contributed by atoms with Crippen molar-refractivity contribution in [1.82, 2.24) is 0 Å². The maximum atomic E-state index is 13.3. The Morgan fingerprint density at radius 3 is 1.67 bits per heavy atom. The molecule has 0 aliphatic heterocycles. The molecule has 0 aromatic heterocycles. The van der Waals surface area contributed by atoms with Crippen LogP contribution >= 0.6 is 7.14 Å². The summed E-state index contributed by atoms with van der Waals surface area (Å²) in [7, 11) is -3.02. The summed E-state index contributed by atoms with van der Waals surface area (Å²) in [6, 6.07) is 18.2. The summed E-state index contributed by atoms with van der Waals surface area (Å²) in [5, 5.41) is 13.5. The van der Waals surface area contributed by atoms with E-state index in [4.69, 9.17) is 5.21 Å². The molecule has 92 valence electrons. The second kappa shape index (κ2) is 5.19. The Labute approximate surface area is 106 Å². The van der Waals surface area contributed by atoms with Crippen LogP contribution < -0.4 is 10.6 Å². The van der Waals surface area contributed by atoms with E-state index in [1.54, 1.807) is 31.2 Å². The lowest BCUT2D eigenvalue weighted by molar-refractivity contribution is 0.320.